The van der Waals surface area contributed by atoms with Gasteiger partial charge in [0.15, 0.2) is 0 Å². The first-order valence-corrected chi connectivity index (χ1v) is 5.09. The van der Waals surface area contributed by atoms with Gasteiger partial charge < -0.3 is 0 Å². The van der Waals surface area contributed by atoms with Gasteiger partial charge in [-0.05, 0) is 29.5 Å². The Bertz CT molecular complexity index is 284. The van der Waals surface area contributed by atoms with Crippen LogP contribution in [0.5, 0.6) is 0 Å². The lowest BCUT2D eigenvalue weighted by Gasteiger charge is -2.22. The molecule has 0 aliphatic rings. The molecule has 0 bridgehead atoms. The Labute approximate surface area is 85.7 Å². The van der Waals surface area contributed by atoms with Crippen molar-refractivity contribution in [3.8, 4) is 0 Å². The molecule has 3 heteroatoms. The molecule has 0 saturated carbocycles. The van der Waals surface area contributed by atoms with Crippen LogP contribution in [0.3, 0.4) is 0 Å². The predicted octanol–water partition coefficient (Wildman–Crippen LogP) is 1.80. The van der Waals surface area contributed by atoms with Gasteiger partial charge in [0.2, 0.25) is 0 Å². The first-order valence-electron chi connectivity index (χ1n) is 5.09. The van der Waals surface area contributed by atoms with Crippen molar-refractivity contribution in [1.29, 1.82) is 0 Å². The predicted molar refractivity (Wildman–Crippen MR) is 58.5 cm³/mol. The van der Waals surface area contributed by atoms with E-state index in [0.29, 0.717) is 5.92 Å². The highest BCUT2D eigenvalue weighted by Gasteiger charge is 2.16. The van der Waals surface area contributed by atoms with Gasteiger partial charge in [-0.15, -0.1) is 0 Å². The zero-order valence-electron chi connectivity index (χ0n) is 9.12. The summed E-state index contributed by atoms with van der Waals surface area (Å²) in [6.45, 7) is 6.45. The lowest BCUT2D eigenvalue weighted by Crippen LogP contribution is -2.32. The molecule has 1 aromatic heterocycles. The van der Waals surface area contributed by atoms with Crippen LogP contribution in [-0.4, -0.2) is 4.98 Å². The van der Waals surface area contributed by atoms with E-state index in [9.17, 15) is 0 Å². The van der Waals surface area contributed by atoms with E-state index in [-0.39, 0.29) is 6.04 Å². The number of aromatic nitrogens is 1. The van der Waals surface area contributed by atoms with Crippen LogP contribution in [0, 0.1) is 5.92 Å². The molecule has 3 nitrogen and oxygen atoms in total. The van der Waals surface area contributed by atoms with Gasteiger partial charge in [-0.1, -0.05) is 20.8 Å². The molecule has 1 heterocycles. The quantitative estimate of drug-likeness (QED) is 0.566. The van der Waals surface area contributed by atoms with Crippen LogP contribution < -0.4 is 11.3 Å². The van der Waals surface area contributed by atoms with E-state index in [2.05, 4.69) is 31.2 Å². The van der Waals surface area contributed by atoms with Gasteiger partial charge in [-0.2, -0.15) is 0 Å². The highest BCUT2D eigenvalue weighted by atomic mass is 15.2. The van der Waals surface area contributed by atoms with Crippen LogP contribution in [0.1, 0.15) is 37.9 Å². The minimum atomic E-state index is 0.216. The fourth-order valence-corrected chi connectivity index (χ4v) is 1.68. The zero-order valence-corrected chi connectivity index (χ0v) is 9.12. The number of pyridine rings is 1. The molecule has 0 aromatic carbocycles. The van der Waals surface area contributed by atoms with Gasteiger partial charge in [0.25, 0.3) is 0 Å². The molecule has 78 valence electrons. The van der Waals surface area contributed by atoms with Crippen molar-refractivity contribution >= 4 is 0 Å². The molecule has 1 unspecified atom stereocenters. The maximum atomic E-state index is 5.56. The normalized spacial score (nSPS) is 13.2. The first kappa shape index (κ1) is 11.1. The van der Waals surface area contributed by atoms with Crippen LogP contribution in [0.25, 0.3) is 0 Å². The van der Waals surface area contributed by atoms with Crippen molar-refractivity contribution in [3.05, 3.63) is 29.6 Å². The summed E-state index contributed by atoms with van der Waals surface area (Å²) in [7, 11) is 0. The SMILES string of the molecule is CCc1cnccc1C(NN)C(C)C. The van der Waals surface area contributed by atoms with Gasteiger partial charge in [0.1, 0.15) is 0 Å². The van der Waals surface area contributed by atoms with Gasteiger partial charge >= 0.3 is 0 Å². The van der Waals surface area contributed by atoms with Crippen molar-refractivity contribution in [1.82, 2.24) is 10.4 Å². The molecule has 0 spiro atoms. The molecule has 1 aromatic rings. The number of nitrogens with two attached hydrogens (primary N) is 1. The number of hydrogen-bond acceptors (Lipinski definition) is 3. The molecular formula is C11H19N3. The highest BCUT2D eigenvalue weighted by Crippen LogP contribution is 2.23. The monoisotopic (exact) mass is 193 g/mol. The summed E-state index contributed by atoms with van der Waals surface area (Å²) in [5, 5.41) is 0. The third kappa shape index (κ3) is 2.30. The highest BCUT2D eigenvalue weighted by molar-refractivity contribution is 5.27. The Balaban J connectivity index is 3.02. The molecular weight excluding hydrogens is 174 g/mol. The number of hydrazine groups is 1. The maximum Gasteiger partial charge on any atom is 0.0486 e. The summed E-state index contributed by atoms with van der Waals surface area (Å²) in [5.74, 6) is 6.04. The second-order valence-electron chi connectivity index (χ2n) is 3.82. The molecule has 0 saturated heterocycles. The zero-order chi connectivity index (χ0) is 10.6. The topological polar surface area (TPSA) is 50.9 Å². The second kappa shape index (κ2) is 5.08. The molecule has 0 aliphatic carbocycles. The largest absolute Gasteiger partial charge is 0.271 e. The molecule has 0 fully saturated rings. The van der Waals surface area contributed by atoms with E-state index in [1.54, 1.807) is 0 Å². The van der Waals surface area contributed by atoms with Gasteiger partial charge in [0.05, 0.1) is 0 Å². The van der Waals surface area contributed by atoms with Crippen LogP contribution in [0.4, 0.5) is 0 Å². The summed E-state index contributed by atoms with van der Waals surface area (Å²) in [5.41, 5.74) is 5.40. The number of rotatable bonds is 4. The average Bonchev–Trinajstić information content (AvgIpc) is 2.19. The lowest BCUT2D eigenvalue weighted by atomic mass is 9.93. The van der Waals surface area contributed by atoms with E-state index in [4.69, 9.17) is 5.84 Å². The van der Waals surface area contributed by atoms with Gasteiger partial charge in [-0.3, -0.25) is 16.3 Å². The number of nitrogens with one attached hydrogen (secondary N) is 1. The minimum absolute atomic E-state index is 0.216. The van der Waals surface area contributed by atoms with E-state index in [1.165, 1.54) is 11.1 Å². The average molecular weight is 193 g/mol. The van der Waals surface area contributed by atoms with Gasteiger partial charge in [-0.25, -0.2) is 0 Å². The van der Waals surface area contributed by atoms with Crippen molar-refractivity contribution in [2.45, 2.75) is 33.2 Å². The van der Waals surface area contributed by atoms with Crippen LogP contribution in [0.15, 0.2) is 18.5 Å². The lowest BCUT2D eigenvalue weighted by molar-refractivity contribution is 0.418. The third-order valence-corrected chi connectivity index (χ3v) is 2.50. The standard InChI is InChI=1S/C11H19N3/c1-4-9-7-13-6-5-10(9)11(14-12)8(2)3/h5-8,11,14H,4,12H2,1-3H3. The fraction of sp³-hybridized carbons (Fsp3) is 0.545. The van der Waals surface area contributed by atoms with Crippen LogP contribution in [-0.2, 0) is 6.42 Å². The van der Waals surface area contributed by atoms with Gasteiger partial charge in [0, 0.05) is 18.4 Å². The first-order chi connectivity index (χ1) is 6.70. The molecule has 0 aliphatic heterocycles. The number of hydrogen-bond donors (Lipinski definition) is 2. The van der Waals surface area contributed by atoms with Crippen molar-refractivity contribution in [3.63, 3.8) is 0 Å². The molecule has 1 rings (SSSR count). The summed E-state index contributed by atoms with van der Waals surface area (Å²) < 4.78 is 0. The van der Waals surface area contributed by atoms with E-state index in [1.807, 2.05) is 18.5 Å². The molecule has 0 amide bonds. The third-order valence-electron chi connectivity index (χ3n) is 2.50. The smallest absolute Gasteiger partial charge is 0.0486 e. The van der Waals surface area contributed by atoms with E-state index in [0.717, 1.165) is 6.42 Å². The molecule has 14 heavy (non-hydrogen) atoms. The van der Waals surface area contributed by atoms with E-state index >= 15 is 0 Å². The Kier molecular flexibility index (Phi) is 4.04. The molecule has 0 radical (unpaired) electrons. The Hall–Kier alpha value is -0.930. The summed E-state index contributed by atoms with van der Waals surface area (Å²) in [6.07, 6.45) is 4.73. The van der Waals surface area contributed by atoms with Crippen molar-refractivity contribution in [2.24, 2.45) is 11.8 Å². The molecule has 3 N–H and O–H groups in total. The van der Waals surface area contributed by atoms with Crippen molar-refractivity contribution in [2.75, 3.05) is 0 Å². The fourth-order valence-electron chi connectivity index (χ4n) is 1.68. The van der Waals surface area contributed by atoms with E-state index < -0.39 is 0 Å². The van der Waals surface area contributed by atoms with Crippen molar-refractivity contribution < 1.29 is 0 Å². The van der Waals surface area contributed by atoms with Crippen LogP contribution >= 0.6 is 0 Å². The molecule has 1 atom stereocenters. The summed E-state index contributed by atoms with van der Waals surface area (Å²) in [4.78, 5) is 4.12. The Morgan fingerprint density at radius 3 is 2.71 bits per heavy atom. The second-order valence-corrected chi connectivity index (χ2v) is 3.82. The summed E-state index contributed by atoms with van der Waals surface area (Å²) >= 11 is 0. The number of nitrogens with zero attached hydrogens (tertiary/aromatic N) is 1. The Morgan fingerprint density at radius 2 is 2.21 bits per heavy atom. The Morgan fingerprint density at radius 1 is 1.50 bits per heavy atom. The number of aryl methyl sites for hydroxylation is 1. The van der Waals surface area contributed by atoms with Crippen LogP contribution in [0.2, 0.25) is 0 Å². The summed E-state index contributed by atoms with van der Waals surface area (Å²) in [6, 6.07) is 2.26. The minimum Gasteiger partial charge on any atom is -0.271 e. The maximum absolute atomic E-state index is 5.56.